The fourth-order valence-electron chi connectivity index (χ4n) is 4.24. The number of phenolic OH excluding ortho intramolecular Hbond substituents is 2. The van der Waals surface area contributed by atoms with Crippen molar-refractivity contribution in [1.29, 1.82) is 0 Å². The van der Waals surface area contributed by atoms with E-state index in [0.717, 1.165) is 0 Å². The molecule has 0 unspecified atom stereocenters. The van der Waals surface area contributed by atoms with Crippen molar-refractivity contribution in [2.24, 2.45) is 0 Å². The molecule has 1 aliphatic rings. The van der Waals surface area contributed by atoms with Crippen LogP contribution in [-0.4, -0.2) is 111 Å². The number of nitrogens with one attached hydrogen (secondary N) is 6. The number of aliphatic hydroxyl groups is 2. The minimum atomic E-state index is -0.539. The Labute approximate surface area is 234 Å². The summed E-state index contributed by atoms with van der Waals surface area (Å²) in [6, 6.07) is 5.86. The first-order chi connectivity index (χ1) is 18.5. The van der Waals surface area contributed by atoms with E-state index >= 15 is 0 Å². The molecule has 0 fully saturated rings. The highest BCUT2D eigenvalue weighted by Gasteiger charge is 2.37. The highest BCUT2D eigenvalue weighted by molar-refractivity contribution is 6.33. The first kappa shape index (κ1) is 32.2. The Bertz CT molecular complexity index is 1020. The molecule has 0 bridgehead atoms. The summed E-state index contributed by atoms with van der Waals surface area (Å²) in [5, 5.41) is 57.4. The third kappa shape index (κ3) is 8.51. The number of carbonyl (C=O) groups is 2. The zero-order valence-electron chi connectivity index (χ0n) is 21.8. The molecule has 2 aromatic carbocycles. The molecule has 0 spiro atoms. The molecule has 1 aliphatic carbocycles. The molecule has 13 heteroatoms. The SMILES string of the molecule is Cl.O=C1c2c(O)ccc(O)c2C(=O)c2c(NCCNCCNCCO)ccc(NCCNCCNCCO)c21. The van der Waals surface area contributed by atoms with E-state index < -0.39 is 11.6 Å². The second-order valence-corrected chi connectivity index (χ2v) is 8.72. The Hall–Kier alpha value is -2.97. The Morgan fingerprint density at radius 2 is 0.821 bits per heavy atom. The van der Waals surface area contributed by atoms with Crippen molar-refractivity contribution < 1.29 is 30.0 Å². The lowest BCUT2D eigenvalue weighted by Crippen LogP contribution is -2.32. The van der Waals surface area contributed by atoms with Crippen LogP contribution in [0.3, 0.4) is 0 Å². The quantitative estimate of drug-likeness (QED) is 0.0701. The van der Waals surface area contributed by atoms with Crippen LogP contribution in [0.15, 0.2) is 24.3 Å². The summed E-state index contributed by atoms with van der Waals surface area (Å²) in [4.78, 5) is 27.1. The molecular weight excluding hydrogens is 528 g/mol. The lowest BCUT2D eigenvalue weighted by atomic mass is 9.81. The second-order valence-electron chi connectivity index (χ2n) is 8.72. The van der Waals surface area contributed by atoms with Crippen LogP contribution in [0.2, 0.25) is 0 Å². The van der Waals surface area contributed by atoms with Gasteiger partial charge < -0.3 is 52.3 Å². The highest BCUT2D eigenvalue weighted by Crippen LogP contribution is 2.42. The van der Waals surface area contributed by atoms with Crippen LogP contribution in [0, 0.1) is 0 Å². The molecule has 10 N–H and O–H groups in total. The lowest BCUT2D eigenvalue weighted by Gasteiger charge is -2.25. The van der Waals surface area contributed by atoms with Gasteiger partial charge in [-0.25, -0.2) is 0 Å². The van der Waals surface area contributed by atoms with E-state index in [1.54, 1.807) is 12.1 Å². The van der Waals surface area contributed by atoms with Crippen molar-refractivity contribution in [3.05, 3.63) is 46.5 Å². The molecular formula is C26H39ClN6O6. The molecule has 0 radical (unpaired) electrons. The highest BCUT2D eigenvalue weighted by atomic mass is 35.5. The van der Waals surface area contributed by atoms with Crippen LogP contribution in [-0.2, 0) is 0 Å². The van der Waals surface area contributed by atoms with Crippen LogP contribution >= 0.6 is 12.4 Å². The standard InChI is InChI=1S/C26H38N6O6.ClH/c33-15-13-29-7-5-27-9-11-31-17-1-2-18(32-12-10-28-6-8-30-14-16-34)22-21(17)25(37)23-19(35)3-4-20(36)24(23)26(22)38;/h1-4,27-36H,5-16H2;1H. The monoisotopic (exact) mass is 566 g/mol. The van der Waals surface area contributed by atoms with Crippen molar-refractivity contribution in [3.8, 4) is 11.5 Å². The number of carbonyl (C=O) groups excluding carboxylic acids is 2. The van der Waals surface area contributed by atoms with Gasteiger partial charge in [0, 0.05) is 76.8 Å². The van der Waals surface area contributed by atoms with Gasteiger partial charge in [-0.2, -0.15) is 0 Å². The van der Waals surface area contributed by atoms with Crippen LogP contribution in [0.25, 0.3) is 0 Å². The van der Waals surface area contributed by atoms with Gasteiger partial charge in [0.15, 0.2) is 0 Å². The third-order valence-electron chi connectivity index (χ3n) is 6.04. The minimum Gasteiger partial charge on any atom is -0.507 e. The van der Waals surface area contributed by atoms with Crippen molar-refractivity contribution in [1.82, 2.24) is 21.3 Å². The molecule has 2 aromatic rings. The molecule has 0 atom stereocenters. The maximum absolute atomic E-state index is 13.6. The molecule has 39 heavy (non-hydrogen) atoms. The maximum atomic E-state index is 13.6. The van der Waals surface area contributed by atoms with Gasteiger partial charge in [0.05, 0.1) is 35.5 Å². The zero-order chi connectivity index (χ0) is 27.3. The molecule has 3 rings (SSSR count). The molecule has 0 amide bonds. The van der Waals surface area contributed by atoms with E-state index in [2.05, 4.69) is 31.9 Å². The fraction of sp³-hybridized carbons (Fsp3) is 0.462. The topological polar surface area (TPSA) is 187 Å². The molecule has 216 valence electrons. The van der Waals surface area contributed by atoms with E-state index in [9.17, 15) is 19.8 Å². The van der Waals surface area contributed by atoms with Gasteiger partial charge in [-0.15, -0.1) is 12.4 Å². The third-order valence-corrected chi connectivity index (χ3v) is 6.04. The summed E-state index contributed by atoms with van der Waals surface area (Å²) in [5.41, 5.74) is 0.829. The average Bonchev–Trinajstić information content (AvgIpc) is 2.91. The van der Waals surface area contributed by atoms with Crippen LogP contribution in [0.4, 0.5) is 11.4 Å². The number of ketones is 2. The number of benzene rings is 2. The first-order valence-corrected chi connectivity index (χ1v) is 12.8. The van der Waals surface area contributed by atoms with Gasteiger partial charge in [-0.05, 0) is 24.3 Å². The van der Waals surface area contributed by atoms with Crippen LogP contribution < -0.4 is 31.9 Å². The Morgan fingerprint density at radius 3 is 1.18 bits per heavy atom. The number of anilines is 2. The summed E-state index contributed by atoms with van der Waals surface area (Å²) in [6.07, 6.45) is 0. The van der Waals surface area contributed by atoms with E-state index in [4.69, 9.17) is 10.2 Å². The van der Waals surface area contributed by atoms with E-state index in [-0.39, 0.29) is 59.4 Å². The number of hydrogen-bond acceptors (Lipinski definition) is 12. The van der Waals surface area contributed by atoms with Gasteiger partial charge in [-0.3, -0.25) is 9.59 Å². The minimum absolute atomic E-state index is 0. The number of aromatic hydroxyl groups is 2. The number of halogens is 1. The summed E-state index contributed by atoms with van der Waals surface area (Å²) < 4.78 is 0. The molecule has 0 saturated heterocycles. The molecule has 0 aromatic heterocycles. The Kier molecular flexibility index (Phi) is 14.0. The van der Waals surface area contributed by atoms with Crippen LogP contribution in [0.5, 0.6) is 11.5 Å². The lowest BCUT2D eigenvalue weighted by molar-refractivity contribution is 0.0975. The number of phenols is 2. The average molecular weight is 567 g/mol. The molecule has 12 nitrogen and oxygen atoms in total. The number of aliphatic hydroxyl groups excluding tert-OH is 2. The second kappa shape index (κ2) is 16.9. The normalized spacial score (nSPS) is 12.1. The molecule has 0 heterocycles. The smallest absolute Gasteiger partial charge is 0.200 e. The van der Waals surface area contributed by atoms with Gasteiger partial charge >= 0.3 is 0 Å². The predicted octanol–water partition coefficient (Wildman–Crippen LogP) is -0.538. The van der Waals surface area contributed by atoms with Crippen LogP contribution in [0.1, 0.15) is 31.8 Å². The molecule has 0 aliphatic heterocycles. The van der Waals surface area contributed by atoms with E-state index in [1.165, 1.54) is 12.1 Å². The molecule has 0 saturated carbocycles. The fourth-order valence-corrected chi connectivity index (χ4v) is 4.24. The van der Waals surface area contributed by atoms with E-state index in [1.807, 2.05) is 0 Å². The van der Waals surface area contributed by atoms with Gasteiger partial charge in [0.1, 0.15) is 11.5 Å². The van der Waals surface area contributed by atoms with Gasteiger partial charge in [0.2, 0.25) is 11.6 Å². The summed E-state index contributed by atoms with van der Waals surface area (Å²) >= 11 is 0. The van der Waals surface area contributed by atoms with Gasteiger partial charge in [0.25, 0.3) is 0 Å². The van der Waals surface area contributed by atoms with Gasteiger partial charge in [-0.1, -0.05) is 0 Å². The summed E-state index contributed by atoms with van der Waals surface area (Å²) in [7, 11) is 0. The largest absolute Gasteiger partial charge is 0.507 e. The van der Waals surface area contributed by atoms with Crippen molar-refractivity contribution in [3.63, 3.8) is 0 Å². The number of fused-ring (bicyclic) bond motifs is 2. The van der Waals surface area contributed by atoms with Crippen molar-refractivity contribution in [2.45, 2.75) is 0 Å². The number of hydrogen-bond donors (Lipinski definition) is 10. The zero-order valence-corrected chi connectivity index (χ0v) is 22.6. The maximum Gasteiger partial charge on any atom is 0.200 e. The Balaban J connectivity index is 0.00000533. The predicted molar refractivity (Wildman–Crippen MR) is 153 cm³/mol. The summed E-state index contributed by atoms with van der Waals surface area (Å²) in [6.45, 7) is 6.20. The number of rotatable bonds is 18. The Morgan fingerprint density at radius 1 is 0.487 bits per heavy atom. The van der Waals surface area contributed by atoms with Crippen molar-refractivity contribution in [2.75, 3.05) is 89.3 Å². The van der Waals surface area contributed by atoms with E-state index in [0.29, 0.717) is 76.8 Å². The first-order valence-electron chi connectivity index (χ1n) is 12.8. The summed E-state index contributed by atoms with van der Waals surface area (Å²) in [5.74, 6) is -1.80. The van der Waals surface area contributed by atoms with Crippen molar-refractivity contribution >= 4 is 35.3 Å².